The molecule has 0 fully saturated rings. The first kappa shape index (κ1) is 17.8. The van der Waals surface area contributed by atoms with Crippen molar-refractivity contribution < 1.29 is 17.2 Å². The second kappa shape index (κ2) is 6.26. The molecule has 0 spiro atoms. The van der Waals surface area contributed by atoms with Crippen LogP contribution < -0.4 is 5.14 Å². The van der Waals surface area contributed by atoms with Gasteiger partial charge in [0.05, 0.1) is 16.1 Å². The molecule has 0 saturated carbocycles. The minimum absolute atomic E-state index is 0.0755. The molecule has 9 heteroatoms. The molecule has 0 aliphatic heterocycles. The van der Waals surface area contributed by atoms with Gasteiger partial charge in [0.25, 0.3) is 6.43 Å². The molecular weight excluding hydrogens is 396 g/mol. The number of nitrogens with two attached hydrogens (primary N) is 1. The number of fused-ring (bicyclic) bond motifs is 3. The molecule has 4 aromatic rings. The highest BCUT2D eigenvalue weighted by atomic mass is 35.5. The molecule has 1 heterocycles. The lowest BCUT2D eigenvalue weighted by atomic mass is 10.1. The number of primary sulfonamides is 1. The van der Waals surface area contributed by atoms with Gasteiger partial charge in [-0.05, 0) is 41.8 Å². The maximum absolute atomic E-state index is 13.5. The average molecular weight is 408 g/mol. The Morgan fingerprint density at radius 3 is 2.30 bits per heavy atom. The van der Waals surface area contributed by atoms with Crippen molar-refractivity contribution in [1.82, 2.24) is 9.78 Å². The van der Waals surface area contributed by atoms with Gasteiger partial charge in [-0.3, -0.25) is 0 Å². The Balaban J connectivity index is 2.04. The molecule has 5 nitrogen and oxygen atoms in total. The molecule has 1 aromatic heterocycles. The Bertz CT molecular complexity index is 1290. The van der Waals surface area contributed by atoms with Crippen LogP contribution in [0.25, 0.3) is 27.4 Å². The minimum Gasteiger partial charge on any atom is -0.232 e. The monoisotopic (exact) mass is 407 g/mol. The summed E-state index contributed by atoms with van der Waals surface area (Å²) in [5, 5.41) is 11.5. The standard InChI is InChI=1S/C18H12ClF2N3O2S/c19-11-2-8-14-10(9-11)1-7-15-16(18(20)21)23-24(17(14)15)12-3-5-13(6-4-12)27(22,25)26/h1-9,18H,(H2,22,25,26). The zero-order valence-corrected chi connectivity index (χ0v) is 15.2. The summed E-state index contributed by atoms with van der Waals surface area (Å²) in [5.74, 6) is 0. The molecule has 0 radical (unpaired) electrons. The average Bonchev–Trinajstić information content (AvgIpc) is 3.01. The van der Waals surface area contributed by atoms with Crippen LogP contribution in [0.1, 0.15) is 12.1 Å². The smallest absolute Gasteiger partial charge is 0.232 e. The van der Waals surface area contributed by atoms with Crippen molar-refractivity contribution in [2.24, 2.45) is 5.14 Å². The van der Waals surface area contributed by atoms with Gasteiger partial charge >= 0.3 is 0 Å². The molecule has 0 bridgehead atoms. The van der Waals surface area contributed by atoms with Crippen LogP contribution in [0.5, 0.6) is 0 Å². The number of hydrogen-bond donors (Lipinski definition) is 1. The second-order valence-corrected chi connectivity index (χ2v) is 7.96. The fourth-order valence-electron chi connectivity index (χ4n) is 3.06. The largest absolute Gasteiger partial charge is 0.282 e. The summed E-state index contributed by atoms with van der Waals surface area (Å²) >= 11 is 6.03. The summed E-state index contributed by atoms with van der Waals surface area (Å²) in [6.07, 6.45) is -2.76. The molecule has 3 aromatic carbocycles. The van der Waals surface area contributed by atoms with Gasteiger partial charge in [0.15, 0.2) is 0 Å². The van der Waals surface area contributed by atoms with Crippen LogP contribution in [0.15, 0.2) is 59.5 Å². The van der Waals surface area contributed by atoms with Crippen molar-refractivity contribution in [3.63, 3.8) is 0 Å². The van der Waals surface area contributed by atoms with Gasteiger partial charge in [0.1, 0.15) is 5.69 Å². The van der Waals surface area contributed by atoms with Gasteiger partial charge in [-0.25, -0.2) is 27.0 Å². The van der Waals surface area contributed by atoms with E-state index in [0.29, 0.717) is 27.0 Å². The lowest BCUT2D eigenvalue weighted by Crippen LogP contribution is -2.12. The Labute approximate surface area is 158 Å². The van der Waals surface area contributed by atoms with Gasteiger partial charge in [0, 0.05) is 15.8 Å². The molecule has 2 N–H and O–H groups in total. The van der Waals surface area contributed by atoms with Crippen LogP contribution in [0.2, 0.25) is 5.02 Å². The predicted octanol–water partition coefficient (Wildman–Crippen LogP) is 4.42. The number of nitrogens with zero attached hydrogens (tertiary/aromatic N) is 2. The Morgan fingerprint density at radius 1 is 1.00 bits per heavy atom. The third kappa shape index (κ3) is 3.05. The van der Waals surface area contributed by atoms with E-state index in [2.05, 4.69) is 5.10 Å². The van der Waals surface area contributed by atoms with E-state index < -0.39 is 16.4 Å². The van der Waals surface area contributed by atoms with Gasteiger partial charge in [-0.15, -0.1) is 0 Å². The molecule has 0 aliphatic rings. The zero-order chi connectivity index (χ0) is 19.3. The topological polar surface area (TPSA) is 78.0 Å². The van der Waals surface area contributed by atoms with Crippen LogP contribution in [0.3, 0.4) is 0 Å². The number of rotatable bonds is 3. The molecule has 0 aliphatic carbocycles. The van der Waals surface area contributed by atoms with E-state index in [4.69, 9.17) is 16.7 Å². The molecule has 27 heavy (non-hydrogen) atoms. The minimum atomic E-state index is -3.86. The lowest BCUT2D eigenvalue weighted by molar-refractivity contribution is 0.147. The van der Waals surface area contributed by atoms with E-state index in [0.717, 1.165) is 5.39 Å². The maximum atomic E-state index is 13.5. The predicted molar refractivity (Wildman–Crippen MR) is 99.9 cm³/mol. The zero-order valence-electron chi connectivity index (χ0n) is 13.6. The van der Waals surface area contributed by atoms with Crippen molar-refractivity contribution in [2.45, 2.75) is 11.3 Å². The number of sulfonamides is 1. The van der Waals surface area contributed by atoms with E-state index in [1.54, 1.807) is 30.3 Å². The molecule has 0 unspecified atom stereocenters. The first-order chi connectivity index (χ1) is 12.8. The number of hydrogen-bond acceptors (Lipinski definition) is 3. The third-order valence-electron chi connectivity index (χ3n) is 4.27. The van der Waals surface area contributed by atoms with E-state index >= 15 is 0 Å². The van der Waals surface area contributed by atoms with E-state index in [9.17, 15) is 17.2 Å². The maximum Gasteiger partial charge on any atom is 0.282 e. The van der Waals surface area contributed by atoms with E-state index in [-0.39, 0.29) is 10.6 Å². The summed E-state index contributed by atoms with van der Waals surface area (Å²) < 4.78 is 51.3. The van der Waals surface area contributed by atoms with Crippen LogP contribution in [-0.2, 0) is 10.0 Å². The summed E-state index contributed by atoms with van der Waals surface area (Å²) in [7, 11) is -3.86. The first-order valence-corrected chi connectivity index (χ1v) is 9.70. The third-order valence-corrected chi connectivity index (χ3v) is 5.43. The molecule has 4 rings (SSSR count). The molecule has 138 valence electrons. The van der Waals surface area contributed by atoms with Crippen molar-refractivity contribution in [1.29, 1.82) is 0 Å². The van der Waals surface area contributed by atoms with Crippen LogP contribution in [0, 0.1) is 0 Å². The number of benzene rings is 3. The second-order valence-electron chi connectivity index (χ2n) is 5.96. The Kier molecular flexibility index (Phi) is 4.14. The molecule has 0 saturated heterocycles. The lowest BCUT2D eigenvalue weighted by Gasteiger charge is -2.07. The van der Waals surface area contributed by atoms with E-state index in [1.807, 2.05) is 0 Å². The Hall–Kier alpha value is -2.55. The number of aromatic nitrogens is 2. The number of alkyl halides is 2. The SMILES string of the molecule is NS(=O)(=O)c1ccc(-n2nc(C(F)F)c3ccc4cc(Cl)ccc4c32)cc1. The summed E-state index contributed by atoms with van der Waals surface area (Å²) in [6, 6.07) is 14.0. The van der Waals surface area contributed by atoms with Gasteiger partial charge in [0.2, 0.25) is 10.0 Å². The molecule has 0 amide bonds. The highest BCUT2D eigenvalue weighted by Crippen LogP contribution is 2.34. The molecule has 0 atom stereocenters. The van der Waals surface area contributed by atoms with Gasteiger partial charge in [-0.2, -0.15) is 5.10 Å². The summed E-state index contributed by atoms with van der Waals surface area (Å²) in [5.41, 5.74) is 0.571. The van der Waals surface area contributed by atoms with Crippen molar-refractivity contribution in [2.75, 3.05) is 0 Å². The normalized spacial score (nSPS) is 12.3. The fourth-order valence-corrected chi connectivity index (χ4v) is 3.75. The number of halogens is 3. The van der Waals surface area contributed by atoms with Crippen LogP contribution in [0.4, 0.5) is 8.78 Å². The van der Waals surface area contributed by atoms with Gasteiger partial charge in [-0.1, -0.05) is 29.8 Å². The van der Waals surface area contributed by atoms with Crippen LogP contribution >= 0.6 is 11.6 Å². The van der Waals surface area contributed by atoms with Gasteiger partial charge < -0.3 is 0 Å². The summed E-state index contributed by atoms with van der Waals surface area (Å²) in [6.45, 7) is 0. The highest BCUT2D eigenvalue weighted by Gasteiger charge is 2.21. The van der Waals surface area contributed by atoms with Crippen molar-refractivity contribution >= 4 is 43.3 Å². The van der Waals surface area contributed by atoms with Crippen molar-refractivity contribution in [3.05, 3.63) is 65.3 Å². The summed E-state index contributed by atoms with van der Waals surface area (Å²) in [4.78, 5) is -0.0755. The van der Waals surface area contributed by atoms with E-state index in [1.165, 1.54) is 28.9 Å². The van der Waals surface area contributed by atoms with Crippen LogP contribution in [-0.4, -0.2) is 18.2 Å². The molecular formula is C18H12ClF2N3O2S. The van der Waals surface area contributed by atoms with Crippen molar-refractivity contribution in [3.8, 4) is 5.69 Å². The quantitative estimate of drug-likeness (QED) is 0.546. The highest BCUT2D eigenvalue weighted by molar-refractivity contribution is 7.89. The Morgan fingerprint density at radius 2 is 1.67 bits per heavy atom. The first-order valence-electron chi connectivity index (χ1n) is 7.78. The fraction of sp³-hybridized carbons (Fsp3) is 0.0556.